The summed E-state index contributed by atoms with van der Waals surface area (Å²) in [4.78, 5) is 40.9. The van der Waals surface area contributed by atoms with Gasteiger partial charge in [-0.05, 0) is 57.2 Å². The van der Waals surface area contributed by atoms with Crippen molar-refractivity contribution in [3.63, 3.8) is 0 Å². The van der Waals surface area contributed by atoms with E-state index in [-0.39, 0.29) is 42.6 Å². The number of nitrogens with zero attached hydrogens (tertiary/aromatic N) is 3. The molecule has 9 nitrogen and oxygen atoms in total. The Kier molecular flexibility index (Phi) is 7.11. The molecule has 1 aromatic rings. The van der Waals surface area contributed by atoms with Crippen LogP contribution in [0, 0.1) is 11.2 Å². The average Bonchev–Trinajstić information content (AvgIpc) is 3.59. The molecule has 1 unspecified atom stereocenters. The van der Waals surface area contributed by atoms with Crippen LogP contribution >= 0.6 is 11.6 Å². The number of aliphatic hydroxyl groups is 1. The average molecular weight is 512 g/mol. The summed E-state index contributed by atoms with van der Waals surface area (Å²) in [6.45, 7) is 4.55. The standard InChI is InChI=1S/C24H32ClFN4O5/c1-15-13-29(10-2-9-28-11-8-24(6-7-24)18(31)14-28)19(32)5-12-30(15,23(34)35)17-4-3-16(22(27)33)21(26)20(17)25/h3-4,15,18,31H,2,5-14H2,1H3,(H2-,27,33,34,35)/p+1/t15-,18-,30?/m1/s1. The molecule has 2 saturated heterocycles. The molecule has 0 bridgehead atoms. The molecule has 1 aromatic carbocycles. The first-order valence-corrected chi connectivity index (χ1v) is 12.5. The maximum Gasteiger partial charge on any atom is 0.519 e. The van der Waals surface area contributed by atoms with Crippen molar-refractivity contribution in [1.29, 1.82) is 0 Å². The molecule has 192 valence electrons. The Labute approximate surface area is 208 Å². The van der Waals surface area contributed by atoms with E-state index >= 15 is 0 Å². The van der Waals surface area contributed by atoms with Gasteiger partial charge in [-0.15, -0.1) is 0 Å². The molecule has 0 radical (unpaired) electrons. The van der Waals surface area contributed by atoms with E-state index < -0.39 is 38.9 Å². The second kappa shape index (κ2) is 9.65. The number of amides is 3. The molecule has 1 spiro atoms. The summed E-state index contributed by atoms with van der Waals surface area (Å²) in [6.07, 6.45) is 2.31. The van der Waals surface area contributed by atoms with Crippen LogP contribution in [0.3, 0.4) is 0 Å². The van der Waals surface area contributed by atoms with Crippen LogP contribution in [-0.4, -0.2) is 89.3 Å². The van der Waals surface area contributed by atoms with Gasteiger partial charge in [0.2, 0.25) is 5.91 Å². The van der Waals surface area contributed by atoms with E-state index in [1.54, 1.807) is 11.8 Å². The highest BCUT2D eigenvalue weighted by Gasteiger charge is 2.52. The Balaban J connectivity index is 1.47. The molecule has 3 amide bonds. The summed E-state index contributed by atoms with van der Waals surface area (Å²) in [6, 6.07) is 1.82. The van der Waals surface area contributed by atoms with E-state index in [1.165, 1.54) is 6.07 Å². The Morgan fingerprint density at radius 3 is 2.57 bits per heavy atom. The van der Waals surface area contributed by atoms with Gasteiger partial charge in [-0.2, -0.15) is 9.28 Å². The third kappa shape index (κ3) is 4.64. The minimum absolute atomic E-state index is 0.0138. The smallest absolute Gasteiger partial charge is 0.435 e. The number of hydrogen-bond acceptors (Lipinski definition) is 5. The van der Waals surface area contributed by atoms with Crippen LogP contribution in [0.15, 0.2) is 12.1 Å². The first-order chi connectivity index (χ1) is 16.5. The first-order valence-electron chi connectivity index (χ1n) is 12.1. The molecule has 11 heteroatoms. The Bertz CT molecular complexity index is 1040. The lowest BCUT2D eigenvalue weighted by Gasteiger charge is -2.37. The molecule has 1 aliphatic carbocycles. The number of carbonyl (C=O) groups is 3. The van der Waals surface area contributed by atoms with Gasteiger partial charge in [0.15, 0.2) is 11.5 Å². The van der Waals surface area contributed by atoms with Crippen LogP contribution in [0.5, 0.6) is 0 Å². The highest BCUT2D eigenvalue weighted by molar-refractivity contribution is 6.34. The number of benzene rings is 1. The number of halogens is 2. The number of primary amides is 1. The predicted molar refractivity (Wildman–Crippen MR) is 129 cm³/mol. The number of quaternary nitrogens is 1. The highest BCUT2D eigenvalue weighted by atomic mass is 35.5. The normalized spacial score (nSPS) is 28.7. The molecule has 1 saturated carbocycles. The van der Waals surface area contributed by atoms with Crippen LogP contribution in [0.4, 0.5) is 14.9 Å². The monoisotopic (exact) mass is 511 g/mol. The van der Waals surface area contributed by atoms with E-state index in [1.807, 2.05) is 0 Å². The predicted octanol–water partition coefficient (Wildman–Crippen LogP) is 2.42. The molecule has 35 heavy (non-hydrogen) atoms. The van der Waals surface area contributed by atoms with Crippen molar-refractivity contribution in [3.8, 4) is 0 Å². The third-order valence-electron chi connectivity index (χ3n) is 8.23. The number of carbonyl (C=O) groups excluding carboxylic acids is 2. The lowest BCUT2D eigenvalue weighted by Crippen LogP contribution is -2.61. The Hall–Kier alpha value is -2.27. The van der Waals surface area contributed by atoms with Gasteiger partial charge >= 0.3 is 6.09 Å². The highest BCUT2D eigenvalue weighted by Crippen LogP contribution is 2.53. The first kappa shape index (κ1) is 25.8. The van der Waals surface area contributed by atoms with Gasteiger partial charge < -0.3 is 25.7 Å². The Morgan fingerprint density at radius 1 is 1.26 bits per heavy atom. The van der Waals surface area contributed by atoms with E-state index in [0.717, 1.165) is 38.4 Å². The van der Waals surface area contributed by atoms with Crippen LogP contribution in [0.25, 0.3) is 0 Å². The van der Waals surface area contributed by atoms with Gasteiger partial charge in [0.1, 0.15) is 17.6 Å². The molecule has 4 N–H and O–H groups in total. The second-order valence-electron chi connectivity index (χ2n) is 10.2. The third-order valence-corrected chi connectivity index (χ3v) is 8.58. The number of nitrogens with two attached hydrogens (primary N) is 1. The van der Waals surface area contributed by atoms with Crippen molar-refractivity contribution >= 4 is 35.2 Å². The summed E-state index contributed by atoms with van der Waals surface area (Å²) in [5.74, 6) is -2.23. The summed E-state index contributed by atoms with van der Waals surface area (Å²) in [5, 5.41) is 20.2. The van der Waals surface area contributed by atoms with Gasteiger partial charge in [-0.1, -0.05) is 11.6 Å². The minimum atomic E-state index is -1.25. The largest absolute Gasteiger partial charge is 0.519 e. The Morgan fingerprint density at radius 2 is 1.97 bits per heavy atom. The lowest BCUT2D eigenvalue weighted by atomic mass is 9.90. The van der Waals surface area contributed by atoms with Crippen LogP contribution in [0.1, 0.15) is 49.4 Å². The summed E-state index contributed by atoms with van der Waals surface area (Å²) in [7, 11) is 0. The quantitative estimate of drug-likeness (QED) is 0.504. The molecule has 3 aliphatic rings. The van der Waals surface area contributed by atoms with Crippen molar-refractivity contribution in [2.75, 3.05) is 39.3 Å². The van der Waals surface area contributed by atoms with Crippen molar-refractivity contribution in [2.45, 2.75) is 51.2 Å². The molecule has 2 heterocycles. The zero-order valence-electron chi connectivity index (χ0n) is 19.9. The fourth-order valence-electron chi connectivity index (χ4n) is 5.72. The van der Waals surface area contributed by atoms with Gasteiger partial charge in [-0.25, -0.2) is 4.39 Å². The zero-order valence-corrected chi connectivity index (χ0v) is 20.6. The van der Waals surface area contributed by atoms with Gasteiger partial charge in [0.25, 0.3) is 5.91 Å². The number of β-amino-alcohol motifs (C(OH)–C–C–N with tert-alkyl or cyclic N) is 1. The second-order valence-corrected chi connectivity index (χ2v) is 10.6. The van der Waals surface area contributed by atoms with E-state index in [0.29, 0.717) is 19.5 Å². The topological polar surface area (TPSA) is 124 Å². The van der Waals surface area contributed by atoms with E-state index in [4.69, 9.17) is 17.3 Å². The van der Waals surface area contributed by atoms with Gasteiger partial charge in [0.05, 0.1) is 24.6 Å². The summed E-state index contributed by atoms with van der Waals surface area (Å²) in [5.41, 5.74) is 4.90. The fraction of sp³-hybridized carbons (Fsp3) is 0.625. The number of rotatable bonds is 6. The number of piperidine rings is 1. The molecule has 4 rings (SSSR count). The van der Waals surface area contributed by atoms with Crippen molar-refractivity contribution < 1.29 is 29.0 Å². The molecule has 2 aliphatic heterocycles. The van der Waals surface area contributed by atoms with Gasteiger partial charge in [-0.3, -0.25) is 9.59 Å². The van der Waals surface area contributed by atoms with Crippen molar-refractivity contribution in [1.82, 2.24) is 14.3 Å². The number of aliphatic hydroxyl groups excluding tert-OH is 1. The minimum Gasteiger partial charge on any atom is -0.435 e. The lowest BCUT2D eigenvalue weighted by molar-refractivity contribution is -0.130. The van der Waals surface area contributed by atoms with Gasteiger partial charge in [0, 0.05) is 19.2 Å². The fourth-order valence-corrected chi connectivity index (χ4v) is 6.03. The molecule has 3 atom stereocenters. The maximum atomic E-state index is 14.8. The summed E-state index contributed by atoms with van der Waals surface area (Å²) < 4.78 is 14.0. The number of hydrogen-bond donors (Lipinski definition) is 3. The van der Waals surface area contributed by atoms with Crippen LogP contribution in [-0.2, 0) is 4.79 Å². The zero-order chi connectivity index (χ0) is 25.5. The SMILES string of the molecule is C[C@@H]1CN(CCCN2CCC3(CC3)[C@H](O)C2)C(=O)CC[N+]1(C(=O)O)c1ccc(C(N)=O)c(F)c1Cl. The summed E-state index contributed by atoms with van der Waals surface area (Å²) >= 11 is 6.22. The number of carboxylic acid groups (broad SMARTS) is 1. The van der Waals surface area contributed by atoms with E-state index in [9.17, 15) is 29.0 Å². The van der Waals surface area contributed by atoms with Crippen LogP contribution < -0.4 is 10.2 Å². The number of likely N-dealkylation sites (tertiary alicyclic amines) is 1. The molecular weight excluding hydrogens is 479 g/mol. The molecular formula is C24H33ClFN4O5+. The van der Waals surface area contributed by atoms with Crippen LogP contribution in [0.2, 0.25) is 5.02 Å². The molecule has 0 aromatic heterocycles. The van der Waals surface area contributed by atoms with E-state index in [2.05, 4.69) is 4.90 Å². The maximum absolute atomic E-state index is 14.8. The van der Waals surface area contributed by atoms with Crippen molar-refractivity contribution in [3.05, 3.63) is 28.5 Å². The van der Waals surface area contributed by atoms with Crippen molar-refractivity contribution in [2.24, 2.45) is 11.1 Å². The molecule has 3 fully saturated rings.